The molecule has 0 spiro atoms. The molecule has 18 heavy (non-hydrogen) atoms. The minimum absolute atomic E-state index is 0.207. The van der Waals surface area contributed by atoms with Gasteiger partial charge in [-0.1, -0.05) is 18.2 Å². The third-order valence-electron chi connectivity index (χ3n) is 2.75. The van der Waals surface area contributed by atoms with Crippen LogP contribution in [0.15, 0.2) is 35.2 Å². The van der Waals surface area contributed by atoms with Gasteiger partial charge in [0.2, 0.25) is 0 Å². The van der Waals surface area contributed by atoms with E-state index in [4.69, 9.17) is 4.74 Å². The molecule has 0 saturated heterocycles. The summed E-state index contributed by atoms with van der Waals surface area (Å²) >= 11 is 1.62. The SMILES string of the molecule is CCOCc1ccccc1NC(C)c1cscn1. The smallest absolute Gasteiger partial charge is 0.0795 e. The molecule has 0 aliphatic heterocycles. The number of hydrogen-bond acceptors (Lipinski definition) is 4. The van der Waals surface area contributed by atoms with Crippen molar-refractivity contribution in [1.82, 2.24) is 4.98 Å². The van der Waals surface area contributed by atoms with Crippen molar-refractivity contribution in [3.05, 3.63) is 46.4 Å². The summed E-state index contributed by atoms with van der Waals surface area (Å²) in [7, 11) is 0. The second-order valence-electron chi connectivity index (χ2n) is 4.07. The first-order chi connectivity index (χ1) is 8.81. The monoisotopic (exact) mass is 262 g/mol. The molecule has 0 bridgehead atoms. The van der Waals surface area contributed by atoms with Crippen molar-refractivity contribution in [3.8, 4) is 0 Å². The van der Waals surface area contributed by atoms with E-state index in [1.54, 1.807) is 11.3 Å². The van der Waals surface area contributed by atoms with Gasteiger partial charge in [0.1, 0.15) is 0 Å². The number of anilines is 1. The van der Waals surface area contributed by atoms with Crippen LogP contribution >= 0.6 is 11.3 Å². The van der Waals surface area contributed by atoms with Gasteiger partial charge in [-0.15, -0.1) is 11.3 Å². The Morgan fingerprint density at radius 3 is 2.94 bits per heavy atom. The highest BCUT2D eigenvalue weighted by atomic mass is 32.1. The van der Waals surface area contributed by atoms with Crippen LogP contribution < -0.4 is 5.32 Å². The van der Waals surface area contributed by atoms with Crippen molar-refractivity contribution in [2.75, 3.05) is 11.9 Å². The summed E-state index contributed by atoms with van der Waals surface area (Å²) < 4.78 is 5.48. The molecule has 1 N–H and O–H groups in total. The average molecular weight is 262 g/mol. The molecule has 4 heteroatoms. The number of nitrogens with one attached hydrogen (secondary N) is 1. The summed E-state index contributed by atoms with van der Waals surface area (Å²) in [5.74, 6) is 0. The minimum Gasteiger partial charge on any atom is -0.377 e. The lowest BCUT2D eigenvalue weighted by Crippen LogP contribution is -2.09. The lowest BCUT2D eigenvalue weighted by molar-refractivity contribution is 0.134. The van der Waals surface area contributed by atoms with E-state index in [1.807, 2.05) is 24.6 Å². The van der Waals surface area contributed by atoms with Crippen LogP contribution in [-0.2, 0) is 11.3 Å². The first-order valence-corrected chi connectivity index (χ1v) is 7.05. The number of hydrogen-bond donors (Lipinski definition) is 1. The summed E-state index contributed by atoms with van der Waals surface area (Å²) in [6.07, 6.45) is 0. The second kappa shape index (κ2) is 6.52. The molecular formula is C14H18N2OS. The Bertz CT molecular complexity index is 470. The fraction of sp³-hybridized carbons (Fsp3) is 0.357. The molecule has 0 amide bonds. The zero-order valence-electron chi connectivity index (χ0n) is 10.7. The van der Waals surface area contributed by atoms with Crippen LogP contribution in [0.4, 0.5) is 5.69 Å². The van der Waals surface area contributed by atoms with E-state index in [9.17, 15) is 0 Å². The molecule has 0 aliphatic carbocycles. The molecule has 3 nitrogen and oxygen atoms in total. The van der Waals surface area contributed by atoms with Crippen LogP contribution in [0.25, 0.3) is 0 Å². The van der Waals surface area contributed by atoms with Gasteiger partial charge in [0.05, 0.1) is 23.9 Å². The summed E-state index contributed by atoms with van der Waals surface area (Å²) in [4.78, 5) is 4.33. The second-order valence-corrected chi connectivity index (χ2v) is 4.79. The Morgan fingerprint density at radius 1 is 1.39 bits per heavy atom. The Morgan fingerprint density at radius 2 is 2.22 bits per heavy atom. The van der Waals surface area contributed by atoms with Gasteiger partial charge in [-0.05, 0) is 19.9 Å². The highest BCUT2D eigenvalue weighted by molar-refractivity contribution is 7.07. The standard InChI is InChI=1S/C14H18N2OS/c1-3-17-8-12-6-4-5-7-13(12)16-11(2)14-9-18-10-15-14/h4-7,9-11,16H,3,8H2,1-2H3. The lowest BCUT2D eigenvalue weighted by atomic mass is 10.1. The van der Waals surface area contributed by atoms with Crippen LogP contribution in [-0.4, -0.2) is 11.6 Å². The van der Waals surface area contributed by atoms with Crippen molar-refractivity contribution in [2.45, 2.75) is 26.5 Å². The molecule has 1 unspecified atom stereocenters. The number of para-hydroxylation sites is 1. The summed E-state index contributed by atoms with van der Waals surface area (Å²) in [5, 5.41) is 5.56. The van der Waals surface area contributed by atoms with Gasteiger partial charge >= 0.3 is 0 Å². The van der Waals surface area contributed by atoms with E-state index in [2.05, 4.69) is 34.7 Å². The van der Waals surface area contributed by atoms with Crippen LogP contribution in [0.1, 0.15) is 31.1 Å². The number of benzene rings is 1. The van der Waals surface area contributed by atoms with Gasteiger partial charge in [-0.3, -0.25) is 0 Å². The van der Waals surface area contributed by atoms with E-state index in [0.29, 0.717) is 6.61 Å². The molecule has 0 radical (unpaired) electrons. The number of ether oxygens (including phenoxy) is 1. The van der Waals surface area contributed by atoms with E-state index in [1.165, 1.54) is 5.56 Å². The molecular weight excluding hydrogens is 244 g/mol. The van der Waals surface area contributed by atoms with Gasteiger partial charge in [-0.2, -0.15) is 0 Å². The highest BCUT2D eigenvalue weighted by Crippen LogP contribution is 2.22. The van der Waals surface area contributed by atoms with Crippen molar-refractivity contribution in [1.29, 1.82) is 0 Å². The minimum atomic E-state index is 0.207. The summed E-state index contributed by atoms with van der Waals surface area (Å²) in [5.41, 5.74) is 5.23. The van der Waals surface area contributed by atoms with E-state index >= 15 is 0 Å². The predicted molar refractivity (Wildman–Crippen MR) is 75.9 cm³/mol. The Hall–Kier alpha value is -1.39. The van der Waals surface area contributed by atoms with Crippen LogP contribution in [0.3, 0.4) is 0 Å². The number of aromatic nitrogens is 1. The van der Waals surface area contributed by atoms with E-state index in [-0.39, 0.29) is 6.04 Å². The van der Waals surface area contributed by atoms with Crippen molar-refractivity contribution in [2.24, 2.45) is 0 Å². The Kier molecular flexibility index (Phi) is 4.73. The third-order valence-corrected chi connectivity index (χ3v) is 3.35. The molecule has 1 atom stereocenters. The lowest BCUT2D eigenvalue weighted by Gasteiger charge is -2.16. The van der Waals surface area contributed by atoms with E-state index < -0.39 is 0 Å². The normalized spacial score (nSPS) is 12.3. The summed E-state index contributed by atoms with van der Waals surface area (Å²) in [6.45, 7) is 5.50. The fourth-order valence-corrected chi connectivity index (χ4v) is 2.39. The van der Waals surface area contributed by atoms with Crippen LogP contribution in [0, 0.1) is 0 Å². The zero-order chi connectivity index (χ0) is 12.8. The first-order valence-electron chi connectivity index (χ1n) is 6.11. The number of nitrogens with zero attached hydrogens (tertiary/aromatic N) is 1. The maximum atomic E-state index is 5.48. The molecule has 0 aliphatic rings. The topological polar surface area (TPSA) is 34.1 Å². The Labute approximate surface area is 112 Å². The molecule has 1 aromatic carbocycles. The zero-order valence-corrected chi connectivity index (χ0v) is 11.5. The maximum Gasteiger partial charge on any atom is 0.0795 e. The first kappa shape index (κ1) is 13.1. The number of thiazole rings is 1. The quantitative estimate of drug-likeness (QED) is 0.858. The molecule has 96 valence electrons. The van der Waals surface area contributed by atoms with Gasteiger partial charge in [-0.25, -0.2) is 4.98 Å². The average Bonchev–Trinajstić information content (AvgIpc) is 2.91. The molecule has 1 heterocycles. The van der Waals surface area contributed by atoms with Crippen molar-refractivity contribution >= 4 is 17.0 Å². The number of rotatable bonds is 6. The van der Waals surface area contributed by atoms with E-state index in [0.717, 1.165) is 18.0 Å². The highest BCUT2D eigenvalue weighted by Gasteiger charge is 2.09. The van der Waals surface area contributed by atoms with Gasteiger partial charge in [0, 0.05) is 23.2 Å². The van der Waals surface area contributed by atoms with Gasteiger partial charge < -0.3 is 10.1 Å². The van der Waals surface area contributed by atoms with Crippen molar-refractivity contribution < 1.29 is 4.74 Å². The summed E-state index contributed by atoms with van der Waals surface area (Å²) in [6, 6.07) is 8.45. The molecule has 2 rings (SSSR count). The van der Waals surface area contributed by atoms with Crippen molar-refractivity contribution in [3.63, 3.8) is 0 Å². The van der Waals surface area contributed by atoms with Gasteiger partial charge in [0.25, 0.3) is 0 Å². The molecule has 0 fully saturated rings. The van der Waals surface area contributed by atoms with Gasteiger partial charge in [0.15, 0.2) is 0 Å². The van der Waals surface area contributed by atoms with Crippen LogP contribution in [0.5, 0.6) is 0 Å². The predicted octanol–water partition coefficient (Wildman–Crippen LogP) is 3.85. The molecule has 0 saturated carbocycles. The fourth-order valence-electron chi connectivity index (χ4n) is 1.74. The molecule has 1 aromatic heterocycles. The third kappa shape index (κ3) is 3.31. The largest absolute Gasteiger partial charge is 0.377 e. The molecule has 2 aromatic rings. The maximum absolute atomic E-state index is 5.48. The Balaban J connectivity index is 2.08. The van der Waals surface area contributed by atoms with Crippen LogP contribution in [0.2, 0.25) is 0 Å².